The molecular weight excluding hydrogens is 447 g/mol. The number of likely N-dealkylation sites (tertiary alicyclic amines) is 1. The Morgan fingerprint density at radius 1 is 1.23 bits per heavy atom. The van der Waals surface area contributed by atoms with Gasteiger partial charge in [-0.25, -0.2) is 9.78 Å². The maximum atomic E-state index is 13.7. The smallest absolute Gasteiger partial charge is 0.453 e. The van der Waals surface area contributed by atoms with Crippen LogP contribution >= 0.6 is 0 Å². The molecule has 4 atom stereocenters. The second-order valence-corrected chi connectivity index (χ2v) is 11.0. The van der Waals surface area contributed by atoms with E-state index in [2.05, 4.69) is 10.3 Å². The molecule has 9 nitrogen and oxygen atoms in total. The molecule has 2 N–H and O–H groups in total. The number of hydrogen-bond donors (Lipinski definition) is 2. The maximum absolute atomic E-state index is 13.7. The summed E-state index contributed by atoms with van der Waals surface area (Å²) in [5, 5.41) is 2.73. The summed E-state index contributed by atoms with van der Waals surface area (Å²) >= 11 is 0. The Kier molecular flexibility index (Phi) is 7.15. The third kappa shape index (κ3) is 5.18. The zero-order valence-electron chi connectivity index (χ0n) is 21.8. The average molecular weight is 484 g/mol. The van der Waals surface area contributed by atoms with Crippen molar-refractivity contribution in [3.63, 3.8) is 0 Å². The van der Waals surface area contributed by atoms with Crippen LogP contribution in [0.15, 0.2) is 18.2 Å². The van der Waals surface area contributed by atoms with Crippen LogP contribution in [0.3, 0.4) is 0 Å². The fourth-order valence-corrected chi connectivity index (χ4v) is 5.42. The number of aromatic amines is 1. The number of nitrogens with zero attached hydrogens (tertiary/aromatic N) is 2. The summed E-state index contributed by atoms with van der Waals surface area (Å²) in [5.74, 6) is 0.963. The quantitative estimate of drug-likeness (QED) is 0.585. The number of fused-ring (bicyclic) bond motifs is 3. The lowest BCUT2D eigenvalue weighted by Crippen LogP contribution is -2.54. The molecule has 2 amide bonds. The molecule has 4 rings (SSSR count). The number of alkyl carbamates (subject to hydrolysis) is 1. The summed E-state index contributed by atoms with van der Waals surface area (Å²) in [5.41, 5.74) is 2.25. The summed E-state index contributed by atoms with van der Waals surface area (Å²) in [6.45, 7) is 9.83. The van der Waals surface area contributed by atoms with Crippen LogP contribution in [-0.2, 0) is 18.8 Å². The Morgan fingerprint density at radius 3 is 2.60 bits per heavy atom. The first-order chi connectivity index (χ1) is 16.5. The zero-order chi connectivity index (χ0) is 25.5. The molecule has 190 valence electrons. The molecule has 1 saturated carbocycles. The van der Waals surface area contributed by atoms with E-state index in [4.69, 9.17) is 19.0 Å². The standard InChI is InChI=1S/C25H37BN4O5/c1-14(2)20(29-24(32)33-6)23(31)30-17-10-8-15(12-17)21(30)22-27-18-11-9-16(13-19(18)28-22)26(34-7)35-25(3,4)5/h9,11,13-15,17,20-21H,8,10,12H2,1-7H3,(H,27,28)(H,29,32). The van der Waals surface area contributed by atoms with E-state index in [-0.39, 0.29) is 29.5 Å². The van der Waals surface area contributed by atoms with Gasteiger partial charge in [-0.15, -0.1) is 0 Å². The number of aromatic nitrogens is 2. The molecule has 2 aliphatic rings. The van der Waals surface area contributed by atoms with Gasteiger partial charge in [-0.05, 0) is 69.5 Å². The summed E-state index contributed by atoms with van der Waals surface area (Å²) in [6, 6.07) is 5.27. The number of piperidine rings is 1. The number of imidazole rings is 1. The predicted molar refractivity (Wildman–Crippen MR) is 134 cm³/mol. The van der Waals surface area contributed by atoms with Crippen molar-refractivity contribution in [2.24, 2.45) is 11.8 Å². The Morgan fingerprint density at radius 2 is 1.97 bits per heavy atom. The molecule has 35 heavy (non-hydrogen) atoms. The van der Waals surface area contributed by atoms with Crippen molar-refractivity contribution in [3.8, 4) is 0 Å². The van der Waals surface area contributed by atoms with Gasteiger partial charge < -0.3 is 29.2 Å². The van der Waals surface area contributed by atoms with Gasteiger partial charge in [-0.2, -0.15) is 0 Å². The zero-order valence-corrected chi connectivity index (χ0v) is 21.8. The van der Waals surface area contributed by atoms with Crippen LogP contribution in [0.4, 0.5) is 4.79 Å². The summed E-state index contributed by atoms with van der Waals surface area (Å²) in [6.07, 6.45) is 2.38. The fourth-order valence-electron chi connectivity index (χ4n) is 5.42. The third-order valence-corrected chi connectivity index (χ3v) is 6.98. The van der Waals surface area contributed by atoms with Crippen molar-refractivity contribution in [1.29, 1.82) is 0 Å². The van der Waals surface area contributed by atoms with Crippen molar-refractivity contribution in [2.45, 2.75) is 77.6 Å². The van der Waals surface area contributed by atoms with Gasteiger partial charge in [0.1, 0.15) is 11.9 Å². The van der Waals surface area contributed by atoms with Crippen molar-refractivity contribution in [1.82, 2.24) is 20.2 Å². The average Bonchev–Trinajstić information content (AvgIpc) is 3.52. The van der Waals surface area contributed by atoms with Crippen molar-refractivity contribution in [3.05, 3.63) is 24.0 Å². The molecule has 10 heteroatoms. The van der Waals surface area contributed by atoms with Crippen LogP contribution in [0.2, 0.25) is 0 Å². The van der Waals surface area contributed by atoms with Gasteiger partial charge >= 0.3 is 13.2 Å². The summed E-state index contributed by atoms with van der Waals surface area (Å²) in [7, 11) is 2.44. The number of amides is 2. The lowest BCUT2D eigenvalue weighted by molar-refractivity contribution is -0.139. The highest BCUT2D eigenvalue weighted by Gasteiger charge is 2.51. The molecule has 1 aromatic heterocycles. The van der Waals surface area contributed by atoms with Crippen LogP contribution < -0.4 is 10.8 Å². The first-order valence-corrected chi connectivity index (χ1v) is 12.4. The minimum atomic E-state index is -0.655. The molecule has 1 aromatic carbocycles. The van der Waals surface area contributed by atoms with Crippen molar-refractivity contribution < 1.29 is 23.6 Å². The van der Waals surface area contributed by atoms with E-state index in [1.165, 1.54) is 7.11 Å². The highest BCUT2D eigenvalue weighted by molar-refractivity contribution is 6.61. The SMILES string of the molecule is COB(OC(C)(C)C)c1ccc2nc(C3C4CCC(C4)N3C(=O)C(NC(=O)OC)C(C)C)[nH]c2c1. The lowest BCUT2D eigenvalue weighted by atomic mass is 9.78. The van der Waals surface area contributed by atoms with E-state index in [0.717, 1.165) is 41.6 Å². The van der Waals surface area contributed by atoms with Gasteiger partial charge in [0.05, 0.1) is 24.2 Å². The number of benzene rings is 1. The van der Waals surface area contributed by atoms with E-state index in [1.807, 2.05) is 57.7 Å². The Labute approximate surface area is 207 Å². The topological polar surface area (TPSA) is 106 Å². The number of nitrogens with one attached hydrogen (secondary N) is 2. The van der Waals surface area contributed by atoms with E-state index >= 15 is 0 Å². The van der Waals surface area contributed by atoms with Gasteiger partial charge in [-0.3, -0.25) is 4.79 Å². The minimum Gasteiger partial charge on any atom is -0.453 e. The first-order valence-electron chi connectivity index (χ1n) is 12.4. The molecule has 1 aliphatic heterocycles. The third-order valence-electron chi connectivity index (χ3n) is 6.98. The number of rotatable bonds is 7. The lowest BCUT2D eigenvalue weighted by Gasteiger charge is -2.37. The number of methoxy groups -OCH3 is 1. The fraction of sp³-hybridized carbons (Fsp3) is 0.640. The molecule has 2 heterocycles. The molecule has 2 bridgehead atoms. The van der Waals surface area contributed by atoms with E-state index in [0.29, 0.717) is 5.92 Å². The van der Waals surface area contributed by atoms with Crippen LogP contribution in [0.25, 0.3) is 11.0 Å². The van der Waals surface area contributed by atoms with Crippen molar-refractivity contribution in [2.75, 3.05) is 14.2 Å². The molecule has 0 radical (unpaired) electrons. The van der Waals surface area contributed by atoms with Gasteiger partial charge in [0, 0.05) is 18.8 Å². The first kappa shape index (κ1) is 25.5. The molecule has 1 aliphatic carbocycles. The van der Waals surface area contributed by atoms with Crippen molar-refractivity contribution >= 4 is 35.6 Å². The molecule has 4 unspecified atom stereocenters. The second kappa shape index (κ2) is 9.81. The molecule has 2 aromatic rings. The number of H-pyrrole nitrogens is 1. The highest BCUT2D eigenvalue weighted by Crippen LogP contribution is 2.50. The monoisotopic (exact) mass is 484 g/mol. The van der Waals surface area contributed by atoms with Crippen LogP contribution in [-0.4, -0.2) is 65.9 Å². The number of carbonyl (C=O) groups is 2. The Balaban J connectivity index is 1.64. The Bertz CT molecular complexity index is 1080. The number of carbonyl (C=O) groups excluding carboxylic acids is 2. The van der Waals surface area contributed by atoms with E-state index in [1.54, 1.807) is 7.11 Å². The van der Waals surface area contributed by atoms with E-state index < -0.39 is 19.3 Å². The van der Waals surface area contributed by atoms with Gasteiger partial charge in [-0.1, -0.05) is 19.9 Å². The van der Waals surface area contributed by atoms with Gasteiger partial charge in [0.15, 0.2) is 0 Å². The predicted octanol–water partition coefficient (Wildman–Crippen LogP) is 3.15. The number of ether oxygens (including phenoxy) is 1. The molecular formula is C25H37BN4O5. The molecule has 2 fully saturated rings. The van der Waals surface area contributed by atoms with Gasteiger partial charge in [0.2, 0.25) is 5.91 Å². The maximum Gasteiger partial charge on any atom is 0.494 e. The van der Waals surface area contributed by atoms with E-state index in [9.17, 15) is 9.59 Å². The van der Waals surface area contributed by atoms with Gasteiger partial charge in [0.25, 0.3) is 0 Å². The largest absolute Gasteiger partial charge is 0.494 e. The normalized spacial score (nSPS) is 22.6. The Hall–Kier alpha value is -2.59. The summed E-state index contributed by atoms with van der Waals surface area (Å²) < 4.78 is 16.4. The molecule has 0 spiro atoms. The molecule has 1 saturated heterocycles. The van der Waals surface area contributed by atoms with Crippen LogP contribution in [0.5, 0.6) is 0 Å². The minimum absolute atomic E-state index is 0.0756. The second-order valence-electron chi connectivity index (χ2n) is 11.0. The summed E-state index contributed by atoms with van der Waals surface area (Å²) in [4.78, 5) is 36.0. The van der Waals surface area contributed by atoms with Crippen LogP contribution in [0, 0.1) is 11.8 Å². The number of hydrogen-bond acceptors (Lipinski definition) is 6. The van der Waals surface area contributed by atoms with Crippen LogP contribution in [0.1, 0.15) is 65.7 Å². The highest BCUT2D eigenvalue weighted by atomic mass is 16.6.